The Balaban J connectivity index is 1.76. The number of fused-ring (bicyclic) bond motifs is 5. The van der Waals surface area contributed by atoms with Crippen LogP contribution in [-0.4, -0.2) is 12.9 Å². The van der Waals surface area contributed by atoms with E-state index in [9.17, 15) is 4.79 Å². The molecular weight excluding hydrogens is 284 g/mol. The van der Waals surface area contributed by atoms with Gasteiger partial charge in [0.15, 0.2) is 0 Å². The van der Waals surface area contributed by atoms with Crippen molar-refractivity contribution in [1.82, 2.24) is 0 Å². The van der Waals surface area contributed by atoms with Crippen molar-refractivity contribution in [3.63, 3.8) is 0 Å². The first kappa shape index (κ1) is 15.2. The summed E-state index contributed by atoms with van der Waals surface area (Å²) in [4.78, 5) is 12.7. The molecule has 0 aromatic rings. The second-order valence-corrected chi connectivity index (χ2v) is 8.54. The topological polar surface area (TPSA) is 26.3 Å². The van der Waals surface area contributed by atoms with Crippen LogP contribution in [0.2, 0.25) is 0 Å². The Morgan fingerprint density at radius 1 is 1.26 bits per heavy atom. The van der Waals surface area contributed by atoms with Crippen LogP contribution in [0.15, 0.2) is 35.1 Å². The number of carbonyl (C=O) groups is 1. The number of allylic oxidation sites excluding steroid dienone is 6. The molecule has 0 heterocycles. The number of methoxy groups -OCH3 is 1. The largest absolute Gasteiger partial charge is 0.501 e. The van der Waals surface area contributed by atoms with E-state index in [4.69, 9.17) is 4.74 Å². The third-order valence-electron chi connectivity index (χ3n) is 7.38. The van der Waals surface area contributed by atoms with E-state index in [-0.39, 0.29) is 16.7 Å². The van der Waals surface area contributed by atoms with E-state index in [1.807, 2.05) is 0 Å². The second-order valence-electron chi connectivity index (χ2n) is 8.54. The third kappa shape index (κ3) is 1.90. The van der Waals surface area contributed by atoms with Gasteiger partial charge in [0.05, 0.1) is 12.9 Å². The van der Waals surface area contributed by atoms with Crippen LogP contribution in [0.3, 0.4) is 0 Å². The van der Waals surface area contributed by atoms with Crippen LogP contribution in [-0.2, 0) is 9.53 Å². The highest BCUT2D eigenvalue weighted by molar-refractivity contribution is 5.89. The molecule has 0 radical (unpaired) electrons. The van der Waals surface area contributed by atoms with Crippen LogP contribution in [0.5, 0.6) is 0 Å². The maximum absolute atomic E-state index is 12.7. The smallest absolute Gasteiger partial charge is 0.142 e. The SMILES string of the molecule is COC1=CC2=CC[C@@H]3C(=CC[C@]4(C)C(=O)C(C)C[C@@H]34)[C@@]2(C)CC1. The van der Waals surface area contributed by atoms with Crippen molar-refractivity contribution in [2.45, 2.75) is 52.9 Å². The summed E-state index contributed by atoms with van der Waals surface area (Å²) in [5.41, 5.74) is 3.09. The molecule has 4 aliphatic carbocycles. The maximum Gasteiger partial charge on any atom is 0.142 e. The van der Waals surface area contributed by atoms with Crippen LogP contribution in [0, 0.1) is 28.6 Å². The van der Waals surface area contributed by atoms with Gasteiger partial charge in [-0.25, -0.2) is 0 Å². The third-order valence-corrected chi connectivity index (χ3v) is 7.38. The minimum Gasteiger partial charge on any atom is -0.501 e. The molecule has 2 nitrogen and oxygen atoms in total. The Morgan fingerprint density at radius 2 is 2.04 bits per heavy atom. The van der Waals surface area contributed by atoms with Crippen LogP contribution in [0.25, 0.3) is 0 Å². The van der Waals surface area contributed by atoms with Crippen molar-refractivity contribution in [1.29, 1.82) is 0 Å². The van der Waals surface area contributed by atoms with Gasteiger partial charge in [0, 0.05) is 23.2 Å². The summed E-state index contributed by atoms with van der Waals surface area (Å²) in [6.07, 6.45) is 12.4. The number of hydrogen-bond donors (Lipinski definition) is 0. The number of carbonyl (C=O) groups excluding carboxylic acids is 1. The summed E-state index contributed by atoms with van der Waals surface area (Å²) in [6.45, 7) is 6.76. The van der Waals surface area contributed by atoms with E-state index in [0.29, 0.717) is 17.6 Å². The molecule has 2 heteroatoms. The van der Waals surface area contributed by atoms with Gasteiger partial charge in [-0.3, -0.25) is 4.79 Å². The molecule has 1 fully saturated rings. The normalized spacial score (nSPS) is 45.3. The van der Waals surface area contributed by atoms with E-state index in [1.165, 1.54) is 5.57 Å². The lowest BCUT2D eigenvalue weighted by Crippen LogP contribution is -2.43. The minimum atomic E-state index is -0.114. The lowest BCUT2D eigenvalue weighted by molar-refractivity contribution is -0.129. The van der Waals surface area contributed by atoms with Gasteiger partial charge >= 0.3 is 0 Å². The van der Waals surface area contributed by atoms with E-state index in [2.05, 4.69) is 39.0 Å². The fourth-order valence-corrected chi connectivity index (χ4v) is 5.90. The van der Waals surface area contributed by atoms with Crippen molar-refractivity contribution in [3.05, 3.63) is 35.1 Å². The zero-order valence-corrected chi connectivity index (χ0v) is 14.8. The first-order chi connectivity index (χ1) is 10.9. The van der Waals surface area contributed by atoms with Crippen LogP contribution in [0.1, 0.15) is 52.9 Å². The molecular formula is C21H28O2. The van der Waals surface area contributed by atoms with Crippen molar-refractivity contribution in [3.8, 4) is 0 Å². The molecule has 0 aromatic carbocycles. The summed E-state index contributed by atoms with van der Waals surface area (Å²) in [7, 11) is 1.78. The van der Waals surface area contributed by atoms with Crippen molar-refractivity contribution >= 4 is 5.78 Å². The van der Waals surface area contributed by atoms with E-state index in [0.717, 1.165) is 37.9 Å². The first-order valence-electron chi connectivity index (χ1n) is 9.10. The standard InChI is InChI=1S/C21H28O2/c1-13-11-18-16-6-5-14-12-15(23-4)7-9-20(14,2)17(16)8-10-21(18,3)19(13)22/h5,8,12-13,16,18H,6-7,9-11H2,1-4H3/t13?,16-,18+,20+,21+/m1/s1. The molecule has 5 atom stereocenters. The molecule has 0 saturated heterocycles. The minimum absolute atomic E-state index is 0.114. The van der Waals surface area contributed by atoms with Gasteiger partial charge in [0.1, 0.15) is 5.78 Å². The Morgan fingerprint density at radius 3 is 2.78 bits per heavy atom. The van der Waals surface area contributed by atoms with Gasteiger partial charge < -0.3 is 4.74 Å². The monoisotopic (exact) mass is 312 g/mol. The summed E-state index contributed by atoms with van der Waals surface area (Å²) in [5, 5.41) is 0. The van der Waals surface area contributed by atoms with Gasteiger partial charge in [0.2, 0.25) is 0 Å². The fraction of sp³-hybridized carbons (Fsp3) is 0.667. The molecule has 0 aromatic heterocycles. The second kappa shape index (κ2) is 4.84. The Kier molecular flexibility index (Phi) is 3.21. The van der Waals surface area contributed by atoms with Crippen molar-refractivity contribution in [2.75, 3.05) is 7.11 Å². The molecule has 124 valence electrons. The Bertz CT molecular complexity index is 653. The van der Waals surface area contributed by atoms with Gasteiger partial charge in [-0.05, 0) is 49.2 Å². The first-order valence-corrected chi connectivity index (χ1v) is 9.10. The molecule has 1 unspecified atom stereocenters. The molecule has 0 N–H and O–H groups in total. The lowest BCUT2D eigenvalue weighted by Gasteiger charge is -2.50. The van der Waals surface area contributed by atoms with E-state index in [1.54, 1.807) is 12.7 Å². The molecule has 0 spiro atoms. The van der Waals surface area contributed by atoms with Gasteiger partial charge in [-0.1, -0.05) is 38.5 Å². The predicted octanol–water partition coefficient (Wildman–Crippen LogP) is 4.82. The number of Topliss-reactive ketones (excluding diaryl/α,β-unsaturated/α-hetero) is 1. The highest BCUT2D eigenvalue weighted by Crippen LogP contribution is 2.62. The van der Waals surface area contributed by atoms with E-state index >= 15 is 0 Å². The molecule has 0 amide bonds. The van der Waals surface area contributed by atoms with Gasteiger partial charge in [-0.15, -0.1) is 0 Å². The predicted molar refractivity (Wildman–Crippen MR) is 91.7 cm³/mol. The van der Waals surface area contributed by atoms with Crippen LogP contribution in [0.4, 0.5) is 0 Å². The number of ether oxygens (including phenoxy) is 1. The molecule has 0 aliphatic heterocycles. The van der Waals surface area contributed by atoms with Crippen molar-refractivity contribution < 1.29 is 9.53 Å². The molecule has 4 rings (SSSR count). The molecule has 4 aliphatic rings. The van der Waals surface area contributed by atoms with Gasteiger partial charge in [0.25, 0.3) is 0 Å². The lowest BCUT2D eigenvalue weighted by atomic mass is 9.53. The average Bonchev–Trinajstić information content (AvgIpc) is 2.78. The van der Waals surface area contributed by atoms with Crippen molar-refractivity contribution in [2.24, 2.45) is 28.6 Å². The summed E-state index contributed by atoms with van der Waals surface area (Å²) in [5.74, 6) is 2.95. The Labute approximate surface area is 139 Å². The quantitative estimate of drug-likeness (QED) is 0.649. The maximum atomic E-state index is 12.7. The van der Waals surface area contributed by atoms with Gasteiger partial charge in [-0.2, -0.15) is 0 Å². The molecule has 0 bridgehead atoms. The van der Waals surface area contributed by atoms with E-state index < -0.39 is 0 Å². The Hall–Kier alpha value is -1.31. The molecule has 23 heavy (non-hydrogen) atoms. The number of ketones is 1. The fourth-order valence-electron chi connectivity index (χ4n) is 5.90. The summed E-state index contributed by atoms with van der Waals surface area (Å²) < 4.78 is 5.49. The number of rotatable bonds is 1. The highest BCUT2D eigenvalue weighted by Gasteiger charge is 2.57. The zero-order chi connectivity index (χ0) is 16.4. The number of hydrogen-bond acceptors (Lipinski definition) is 2. The van der Waals surface area contributed by atoms with Crippen LogP contribution < -0.4 is 0 Å². The molecule has 1 saturated carbocycles. The average molecular weight is 312 g/mol. The van der Waals surface area contributed by atoms with Crippen LogP contribution >= 0.6 is 0 Å². The highest BCUT2D eigenvalue weighted by atomic mass is 16.5. The summed E-state index contributed by atoms with van der Waals surface area (Å²) in [6, 6.07) is 0. The summed E-state index contributed by atoms with van der Waals surface area (Å²) >= 11 is 0. The zero-order valence-electron chi connectivity index (χ0n) is 14.8.